The molecule has 0 aliphatic carbocycles. The zero-order valence-corrected chi connectivity index (χ0v) is 12.1. The van der Waals surface area contributed by atoms with Gasteiger partial charge in [0.1, 0.15) is 0 Å². The molecule has 0 atom stereocenters. The molecule has 6 heteroatoms. The van der Waals surface area contributed by atoms with Gasteiger partial charge in [0, 0.05) is 33.0 Å². The van der Waals surface area contributed by atoms with Crippen molar-refractivity contribution in [2.45, 2.75) is 13.0 Å². The summed E-state index contributed by atoms with van der Waals surface area (Å²) in [4.78, 5) is 16.5. The molecule has 1 amide bonds. The Labute approximate surface area is 123 Å². The summed E-state index contributed by atoms with van der Waals surface area (Å²) in [5.41, 5.74) is 7.74. The molecule has 0 saturated heterocycles. The Hall–Kier alpha value is -2.18. The highest BCUT2D eigenvalue weighted by Gasteiger charge is 2.12. The summed E-state index contributed by atoms with van der Waals surface area (Å²) in [6.45, 7) is 1.58. The Balaban J connectivity index is 2.14. The Morgan fingerprint density at radius 3 is 2.95 bits per heavy atom. The Kier molecular flexibility index (Phi) is 5.48. The standard InChI is InChI=1S/C15H20N4O2/c1-21-8-4-7-17-15(20)13-5-2-3-6-14(13)19-10-12(9-16)18-11-19/h2-3,5-6,10-11H,4,7-9,16H2,1H3,(H,17,20). The number of nitrogens with zero attached hydrogens (tertiary/aromatic N) is 2. The van der Waals surface area contributed by atoms with Gasteiger partial charge in [-0.2, -0.15) is 0 Å². The van der Waals surface area contributed by atoms with Gasteiger partial charge in [0.05, 0.1) is 23.3 Å². The minimum atomic E-state index is -0.107. The van der Waals surface area contributed by atoms with Crippen LogP contribution in [-0.2, 0) is 11.3 Å². The average molecular weight is 288 g/mol. The fourth-order valence-electron chi connectivity index (χ4n) is 2.01. The number of nitrogens with one attached hydrogen (secondary N) is 1. The third kappa shape index (κ3) is 3.90. The van der Waals surface area contributed by atoms with Gasteiger partial charge in [-0.15, -0.1) is 0 Å². The van der Waals surface area contributed by atoms with Gasteiger partial charge in [-0.25, -0.2) is 4.98 Å². The number of rotatable bonds is 7. The molecule has 21 heavy (non-hydrogen) atoms. The molecule has 0 spiro atoms. The molecule has 6 nitrogen and oxygen atoms in total. The van der Waals surface area contributed by atoms with Crippen LogP contribution in [0.2, 0.25) is 0 Å². The summed E-state index contributed by atoms with van der Waals surface area (Å²) in [7, 11) is 1.64. The third-order valence-corrected chi connectivity index (χ3v) is 3.08. The van der Waals surface area contributed by atoms with Crippen LogP contribution in [0.3, 0.4) is 0 Å². The number of benzene rings is 1. The van der Waals surface area contributed by atoms with Gasteiger partial charge in [0.15, 0.2) is 0 Å². The molecular formula is C15H20N4O2. The molecule has 1 aromatic carbocycles. The maximum atomic E-state index is 12.3. The fourth-order valence-corrected chi connectivity index (χ4v) is 2.01. The Morgan fingerprint density at radius 1 is 1.43 bits per heavy atom. The number of carbonyl (C=O) groups is 1. The van der Waals surface area contributed by atoms with Crippen molar-refractivity contribution in [2.75, 3.05) is 20.3 Å². The van der Waals surface area contributed by atoms with Crippen molar-refractivity contribution < 1.29 is 9.53 Å². The molecule has 3 N–H and O–H groups in total. The summed E-state index contributed by atoms with van der Waals surface area (Å²) in [6.07, 6.45) is 4.28. The van der Waals surface area contributed by atoms with E-state index < -0.39 is 0 Å². The smallest absolute Gasteiger partial charge is 0.253 e. The number of imidazole rings is 1. The third-order valence-electron chi connectivity index (χ3n) is 3.08. The van der Waals surface area contributed by atoms with Gasteiger partial charge in [-0.05, 0) is 18.6 Å². The lowest BCUT2D eigenvalue weighted by Crippen LogP contribution is -2.26. The number of hydrogen-bond donors (Lipinski definition) is 2. The van der Waals surface area contributed by atoms with Crippen LogP contribution in [0.25, 0.3) is 5.69 Å². The highest BCUT2D eigenvalue weighted by atomic mass is 16.5. The summed E-state index contributed by atoms with van der Waals surface area (Å²) < 4.78 is 6.77. The van der Waals surface area contributed by atoms with Gasteiger partial charge in [0.2, 0.25) is 0 Å². The predicted molar refractivity (Wildman–Crippen MR) is 80.3 cm³/mol. The SMILES string of the molecule is COCCCNC(=O)c1ccccc1-n1cnc(CN)c1. The first-order valence-corrected chi connectivity index (χ1v) is 6.85. The predicted octanol–water partition coefficient (Wildman–Crippen LogP) is 1.10. The van der Waals surface area contributed by atoms with Crippen LogP contribution in [-0.4, -0.2) is 35.7 Å². The van der Waals surface area contributed by atoms with Crippen molar-refractivity contribution >= 4 is 5.91 Å². The topological polar surface area (TPSA) is 82.2 Å². The monoisotopic (exact) mass is 288 g/mol. The van der Waals surface area contributed by atoms with Crippen LogP contribution < -0.4 is 11.1 Å². The minimum Gasteiger partial charge on any atom is -0.385 e. The van der Waals surface area contributed by atoms with Gasteiger partial charge in [0.25, 0.3) is 5.91 Å². The quantitative estimate of drug-likeness (QED) is 0.747. The van der Waals surface area contributed by atoms with Crippen LogP contribution in [0.5, 0.6) is 0 Å². The average Bonchev–Trinajstić information content (AvgIpc) is 3.00. The van der Waals surface area contributed by atoms with Gasteiger partial charge >= 0.3 is 0 Å². The van der Waals surface area contributed by atoms with Crippen molar-refractivity contribution in [1.82, 2.24) is 14.9 Å². The second kappa shape index (κ2) is 7.56. The molecule has 112 valence electrons. The van der Waals surface area contributed by atoms with Crippen molar-refractivity contribution in [3.8, 4) is 5.69 Å². The van der Waals surface area contributed by atoms with E-state index in [1.54, 1.807) is 19.5 Å². The molecule has 2 aromatic rings. The van der Waals surface area contributed by atoms with Gasteiger partial charge in [-0.3, -0.25) is 4.79 Å². The zero-order valence-electron chi connectivity index (χ0n) is 12.1. The first-order valence-electron chi connectivity index (χ1n) is 6.85. The molecule has 2 rings (SSSR count). The lowest BCUT2D eigenvalue weighted by molar-refractivity contribution is 0.0948. The van der Waals surface area contributed by atoms with E-state index in [1.165, 1.54) is 0 Å². The van der Waals surface area contributed by atoms with Crippen LogP contribution in [0.15, 0.2) is 36.8 Å². The van der Waals surface area contributed by atoms with E-state index in [-0.39, 0.29) is 5.91 Å². The summed E-state index contributed by atoms with van der Waals surface area (Å²) in [6, 6.07) is 7.41. The summed E-state index contributed by atoms with van der Waals surface area (Å²) in [5.74, 6) is -0.107. The van der Waals surface area contributed by atoms with E-state index in [2.05, 4.69) is 10.3 Å². The van der Waals surface area contributed by atoms with Crippen LogP contribution in [0, 0.1) is 0 Å². The van der Waals surface area contributed by atoms with E-state index in [9.17, 15) is 4.79 Å². The van der Waals surface area contributed by atoms with Crippen molar-refractivity contribution in [3.63, 3.8) is 0 Å². The number of nitrogens with two attached hydrogens (primary N) is 1. The fraction of sp³-hybridized carbons (Fsp3) is 0.333. The maximum Gasteiger partial charge on any atom is 0.253 e. The Morgan fingerprint density at radius 2 is 2.24 bits per heavy atom. The van der Waals surface area contributed by atoms with Gasteiger partial charge in [-0.1, -0.05) is 12.1 Å². The second-order valence-electron chi connectivity index (χ2n) is 4.60. The van der Waals surface area contributed by atoms with E-state index in [4.69, 9.17) is 10.5 Å². The Bertz CT molecular complexity index is 595. The van der Waals surface area contributed by atoms with Crippen LogP contribution >= 0.6 is 0 Å². The molecule has 0 radical (unpaired) electrons. The number of ether oxygens (including phenoxy) is 1. The molecule has 0 unspecified atom stereocenters. The van der Waals surface area contributed by atoms with Crippen molar-refractivity contribution in [3.05, 3.63) is 48.0 Å². The highest BCUT2D eigenvalue weighted by Crippen LogP contribution is 2.15. The molecule has 0 bridgehead atoms. The summed E-state index contributed by atoms with van der Waals surface area (Å²) in [5, 5.41) is 2.89. The molecule has 0 fully saturated rings. The van der Waals surface area contributed by atoms with E-state index >= 15 is 0 Å². The van der Waals surface area contributed by atoms with Crippen molar-refractivity contribution in [2.24, 2.45) is 5.73 Å². The summed E-state index contributed by atoms with van der Waals surface area (Å²) >= 11 is 0. The molecule has 1 aromatic heterocycles. The van der Waals surface area contributed by atoms with Crippen molar-refractivity contribution in [1.29, 1.82) is 0 Å². The highest BCUT2D eigenvalue weighted by molar-refractivity contribution is 5.97. The van der Waals surface area contributed by atoms with Crippen LogP contribution in [0.4, 0.5) is 0 Å². The normalized spacial score (nSPS) is 10.6. The number of carbonyl (C=O) groups excluding carboxylic acids is 1. The molecule has 1 heterocycles. The first-order chi connectivity index (χ1) is 10.3. The number of hydrogen-bond acceptors (Lipinski definition) is 4. The lowest BCUT2D eigenvalue weighted by atomic mass is 10.1. The molecule has 0 aliphatic heterocycles. The zero-order chi connectivity index (χ0) is 15.1. The molecular weight excluding hydrogens is 268 g/mol. The van der Waals surface area contributed by atoms with E-state index in [1.807, 2.05) is 29.0 Å². The number of methoxy groups -OCH3 is 1. The number of amides is 1. The van der Waals surface area contributed by atoms with Crippen LogP contribution in [0.1, 0.15) is 22.5 Å². The second-order valence-corrected chi connectivity index (χ2v) is 4.60. The first kappa shape index (κ1) is 15.2. The largest absolute Gasteiger partial charge is 0.385 e. The van der Waals surface area contributed by atoms with E-state index in [0.29, 0.717) is 25.3 Å². The number of para-hydroxylation sites is 1. The van der Waals surface area contributed by atoms with E-state index in [0.717, 1.165) is 17.8 Å². The number of aromatic nitrogens is 2. The minimum absolute atomic E-state index is 0.107. The maximum absolute atomic E-state index is 12.3. The lowest BCUT2D eigenvalue weighted by Gasteiger charge is -2.10. The molecule has 0 saturated carbocycles. The molecule has 0 aliphatic rings. The van der Waals surface area contributed by atoms with Gasteiger partial charge < -0.3 is 20.4 Å².